The minimum atomic E-state index is -0.661. The second kappa shape index (κ2) is 8.31. The van der Waals surface area contributed by atoms with Crippen LogP contribution >= 0.6 is 0 Å². The summed E-state index contributed by atoms with van der Waals surface area (Å²) in [6.45, 7) is 9.03. The molecule has 0 atom stereocenters. The Bertz CT molecular complexity index is 1110. The molecule has 0 unspecified atom stereocenters. The molecule has 3 heterocycles. The summed E-state index contributed by atoms with van der Waals surface area (Å²) in [5.74, 6) is 1.67. The molecule has 1 aliphatic rings. The molecule has 0 aliphatic carbocycles. The van der Waals surface area contributed by atoms with Crippen LogP contribution in [0.15, 0.2) is 34.9 Å². The third kappa shape index (κ3) is 4.94. The van der Waals surface area contributed by atoms with Crippen molar-refractivity contribution in [1.29, 1.82) is 0 Å². The van der Waals surface area contributed by atoms with E-state index < -0.39 is 11.2 Å². The number of furan rings is 1. The summed E-state index contributed by atoms with van der Waals surface area (Å²) in [7, 11) is 0. The molecule has 1 amide bonds. The van der Waals surface area contributed by atoms with Gasteiger partial charge in [0.1, 0.15) is 16.9 Å². The standard InChI is InChI=1S/C23H29N5O4/c1-22(2,3)32-18-6-5-15(13-17(18)24-14-29)25-21-26-16-7-12-31-19(16)20(27-21)28-10-8-23(4,30)9-11-28/h5-7,12-14,30H,8-11H2,1-4H3,(H,24,29)(H,25,26,27). The average molecular weight is 440 g/mol. The number of rotatable bonds is 6. The number of carbonyl (C=O) groups is 1. The molecule has 3 N–H and O–H groups in total. The summed E-state index contributed by atoms with van der Waals surface area (Å²) in [5.41, 5.74) is 1.49. The number of benzene rings is 1. The quantitative estimate of drug-likeness (QED) is 0.493. The molecule has 170 valence electrons. The number of ether oxygens (including phenoxy) is 1. The highest BCUT2D eigenvalue weighted by atomic mass is 16.5. The van der Waals surface area contributed by atoms with Crippen LogP contribution in [0.1, 0.15) is 40.5 Å². The molecule has 0 radical (unpaired) electrons. The summed E-state index contributed by atoms with van der Waals surface area (Å²) in [4.78, 5) is 22.5. The second-order valence-corrected chi connectivity index (χ2v) is 9.30. The van der Waals surface area contributed by atoms with Gasteiger partial charge in [0, 0.05) is 24.8 Å². The minimum Gasteiger partial charge on any atom is -0.486 e. The first-order chi connectivity index (χ1) is 15.1. The van der Waals surface area contributed by atoms with Crippen molar-refractivity contribution in [3.63, 3.8) is 0 Å². The topological polar surface area (TPSA) is 113 Å². The largest absolute Gasteiger partial charge is 0.486 e. The first kappa shape index (κ1) is 21.9. The van der Waals surface area contributed by atoms with Gasteiger partial charge in [-0.1, -0.05) is 0 Å². The molecule has 1 aromatic carbocycles. The predicted octanol–water partition coefficient (Wildman–Crippen LogP) is 4.06. The molecule has 9 heteroatoms. The van der Waals surface area contributed by atoms with Crippen molar-refractivity contribution in [1.82, 2.24) is 9.97 Å². The summed E-state index contributed by atoms with van der Waals surface area (Å²) < 4.78 is 11.6. The lowest BCUT2D eigenvalue weighted by molar-refractivity contribution is -0.105. The van der Waals surface area contributed by atoms with Crippen LogP contribution in [-0.2, 0) is 4.79 Å². The van der Waals surface area contributed by atoms with Crippen molar-refractivity contribution in [2.45, 2.75) is 51.7 Å². The van der Waals surface area contributed by atoms with Gasteiger partial charge in [0.25, 0.3) is 0 Å². The van der Waals surface area contributed by atoms with Gasteiger partial charge in [0.05, 0.1) is 17.6 Å². The first-order valence-electron chi connectivity index (χ1n) is 10.7. The number of anilines is 4. The summed E-state index contributed by atoms with van der Waals surface area (Å²) in [6.07, 6.45) is 3.51. The molecule has 1 saturated heterocycles. The number of nitrogens with zero attached hydrogens (tertiary/aromatic N) is 3. The van der Waals surface area contributed by atoms with Crippen LogP contribution in [0.25, 0.3) is 11.1 Å². The zero-order valence-electron chi connectivity index (χ0n) is 18.8. The van der Waals surface area contributed by atoms with Crippen LogP contribution in [0.3, 0.4) is 0 Å². The number of fused-ring (bicyclic) bond motifs is 1. The molecule has 0 bridgehead atoms. The molecule has 0 saturated carbocycles. The zero-order valence-corrected chi connectivity index (χ0v) is 18.8. The van der Waals surface area contributed by atoms with E-state index in [1.807, 2.05) is 33.8 Å². The SMILES string of the molecule is CC1(O)CCN(c2nc(Nc3ccc(OC(C)(C)C)c(NC=O)c3)nc3ccoc23)CC1. The van der Waals surface area contributed by atoms with Crippen molar-refractivity contribution >= 4 is 40.7 Å². The van der Waals surface area contributed by atoms with Crippen LogP contribution in [0, 0.1) is 0 Å². The number of amides is 1. The van der Waals surface area contributed by atoms with Crippen molar-refractivity contribution < 1.29 is 19.1 Å². The van der Waals surface area contributed by atoms with Crippen LogP contribution in [-0.4, -0.2) is 45.8 Å². The lowest BCUT2D eigenvalue weighted by Crippen LogP contribution is -2.42. The van der Waals surface area contributed by atoms with Crippen molar-refractivity contribution in [3.8, 4) is 5.75 Å². The smallest absolute Gasteiger partial charge is 0.229 e. The lowest BCUT2D eigenvalue weighted by atomic mass is 9.94. The molecule has 9 nitrogen and oxygen atoms in total. The Kier molecular flexibility index (Phi) is 5.68. The average Bonchev–Trinajstić information content (AvgIpc) is 3.17. The van der Waals surface area contributed by atoms with E-state index in [2.05, 4.69) is 20.5 Å². The monoisotopic (exact) mass is 439 g/mol. The summed E-state index contributed by atoms with van der Waals surface area (Å²) in [6, 6.07) is 7.21. The fourth-order valence-corrected chi connectivity index (χ4v) is 3.65. The third-order valence-corrected chi connectivity index (χ3v) is 5.29. The Morgan fingerprint density at radius 3 is 2.66 bits per heavy atom. The second-order valence-electron chi connectivity index (χ2n) is 9.30. The van der Waals surface area contributed by atoms with Gasteiger partial charge in [-0.2, -0.15) is 4.98 Å². The fourth-order valence-electron chi connectivity index (χ4n) is 3.65. The number of aliphatic hydroxyl groups is 1. The van der Waals surface area contributed by atoms with E-state index >= 15 is 0 Å². The van der Waals surface area contributed by atoms with Crippen LogP contribution in [0.4, 0.5) is 23.1 Å². The van der Waals surface area contributed by atoms with Gasteiger partial charge < -0.3 is 29.8 Å². The van der Waals surface area contributed by atoms with Crippen molar-refractivity contribution in [3.05, 3.63) is 30.5 Å². The van der Waals surface area contributed by atoms with Crippen LogP contribution in [0.2, 0.25) is 0 Å². The molecule has 0 spiro atoms. The van der Waals surface area contributed by atoms with Gasteiger partial charge in [-0.15, -0.1) is 0 Å². The number of carbonyl (C=O) groups excluding carboxylic acids is 1. The van der Waals surface area contributed by atoms with Gasteiger partial charge in [-0.3, -0.25) is 4.79 Å². The van der Waals surface area contributed by atoms with Gasteiger partial charge in [0.15, 0.2) is 11.4 Å². The maximum Gasteiger partial charge on any atom is 0.229 e. The summed E-state index contributed by atoms with van der Waals surface area (Å²) in [5, 5.41) is 16.2. The number of hydrogen-bond donors (Lipinski definition) is 3. The highest BCUT2D eigenvalue weighted by Gasteiger charge is 2.29. The molecule has 1 aliphatic heterocycles. The van der Waals surface area contributed by atoms with Crippen LogP contribution < -0.4 is 20.3 Å². The van der Waals surface area contributed by atoms with E-state index in [1.165, 1.54) is 0 Å². The minimum absolute atomic E-state index is 0.405. The van der Waals surface area contributed by atoms with Crippen LogP contribution in [0.5, 0.6) is 5.75 Å². The van der Waals surface area contributed by atoms with Gasteiger partial charge in [0.2, 0.25) is 12.4 Å². The zero-order chi connectivity index (χ0) is 22.9. The molecular weight excluding hydrogens is 410 g/mol. The van der Waals surface area contributed by atoms with Crippen molar-refractivity contribution in [2.24, 2.45) is 0 Å². The van der Waals surface area contributed by atoms with Crippen molar-refractivity contribution in [2.75, 3.05) is 28.6 Å². The van der Waals surface area contributed by atoms with E-state index in [9.17, 15) is 9.90 Å². The number of hydrogen-bond acceptors (Lipinski definition) is 8. The molecule has 2 aromatic heterocycles. The van der Waals surface area contributed by atoms with Gasteiger partial charge >= 0.3 is 0 Å². The fraction of sp³-hybridized carbons (Fsp3) is 0.435. The Labute approximate surface area is 186 Å². The Morgan fingerprint density at radius 1 is 1.22 bits per heavy atom. The number of piperidine rings is 1. The molecule has 3 aromatic rings. The normalized spacial score (nSPS) is 16.1. The predicted molar refractivity (Wildman–Crippen MR) is 124 cm³/mol. The van der Waals surface area contributed by atoms with E-state index in [0.29, 0.717) is 72.3 Å². The van der Waals surface area contributed by atoms with E-state index in [1.54, 1.807) is 24.5 Å². The molecule has 4 rings (SSSR count). The molecular formula is C23H29N5O4. The lowest BCUT2D eigenvalue weighted by Gasteiger charge is -2.36. The Hall–Kier alpha value is -3.33. The molecule has 1 fully saturated rings. The highest BCUT2D eigenvalue weighted by Crippen LogP contribution is 2.34. The van der Waals surface area contributed by atoms with Gasteiger partial charge in [-0.05, 0) is 58.7 Å². The van der Waals surface area contributed by atoms with E-state index in [-0.39, 0.29) is 0 Å². The third-order valence-electron chi connectivity index (χ3n) is 5.29. The Balaban J connectivity index is 1.63. The highest BCUT2D eigenvalue weighted by molar-refractivity contribution is 5.86. The molecule has 32 heavy (non-hydrogen) atoms. The maximum atomic E-state index is 11.1. The van der Waals surface area contributed by atoms with Gasteiger partial charge in [-0.25, -0.2) is 4.98 Å². The number of aromatic nitrogens is 2. The first-order valence-corrected chi connectivity index (χ1v) is 10.7. The Morgan fingerprint density at radius 2 is 1.97 bits per heavy atom. The maximum absolute atomic E-state index is 11.1. The van der Waals surface area contributed by atoms with E-state index in [4.69, 9.17) is 14.1 Å². The number of nitrogens with one attached hydrogen (secondary N) is 2. The van der Waals surface area contributed by atoms with E-state index in [0.717, 1.165) is 0 Å². The summed E-state index contributed by atoms with van der Waals surface area (Å²) >= 11 is 0.